The van der Waals surface area contributed by atoms with Crippen LogP contribution >= 0.6 is 0 Å². The first-order valence-electron chi connectivity index (χ1n) is 8.91. The van der Waals surface area contributed by atoms with Crippen molar-refractivity contribution in [3.8, 4) is 0 Å². The fraction of sp³-hybridized carbons (Fsp3) is 0.350. The van der Waals surface area contributed by atoms with Crippen molar-refractivity contribution >= 4 is 21.6 Å². The van der Waals surface area contributed by atoms with Gasteiger partial charge in [0.25, 0.3) is 10.0 Å². The monoisotopic (exact) mass is 372 g/mol. The Balaban J connectivity index is 1.66. The molecular formula is C20H24N2O3S. The molecule has 0 aromatic heterocycles. The highest BCUT2D eigenvalue weighted by Gasteiger charge is 2.18. The molecule has 1 N–H and O–H groups in total. The second-order valence-electron chi connectivity index (χ2n) is 6.69. The largest absolute Gasteiger partial charge is 0.342 e. The first-order chi connectivity index (χ1) is 12.5. The van der Waals surface area contributed by atoms with Crippen LogP contribution in [0.4, 0.5) is 5.69 Å². The van der Waals surface area contributed by atoms with Crippen molar-refractivity contribution in [2.45, 2.75) is 37.5 Å². The van der Waals surface area contributed by atoms with Gasteiger partial charge < -0.3 is 4.90 Å². The van der Waals surface area contributed by atoms with E-state index in [-0.39, 0.29) is 10.8 Å². The maximum Gasteiger partial charge on any atom is 0.262 e. The smallest absolute Gasteiger partial charge is 0.262 e. The van der Waals surface area contributed by atoms with Crippen molar-refractivity contribution < 1.29 is 13.2 Å². The van der Waals surface area contributed by atoms with Crippen molar-refractivity contribution in [3.63, 3.8) is 0 Å². The van der Waals surface area contributed by atoms with E-state index < -0.39 is 10.0 Å². The molecule has 0 bridgehead atoms. The van der Waals surface area contributed by atoms with Gasteiger partial charge in [0.1, 0.15) is 0 Å². The van der Waals surface area contributed by atoms with Gasteiger partial charge in [-0.1, -0.05) is 30.3 Å². The van der Waals surface area contributed by atoms with Crippen molar-refractivity contribution in [3.05, 3.63) is 59.7 Å². The van der Waals surface area contributed by atoms with Crippen molar-refractivity contribution in [2.75, 3.05) is 17.8 Å². The third kappa shape index (κ3) is 4.43. The molecule has 1 amide bonds. The molecule has 1 fully saturated rings. The fourth-order valence-corrected chi connectivity index (χ4v) is 4.49. The van der Waals surface area contributed by atoms with Crippen LogP contribution in [-0.4, -0.2) is 32.3 Å². The number of amides is 1. The number of carbonyl (C=O) groups is 1. The van der Waals surface area contributed by atoms with E-state index in [1.54, 1.807) is 49.4 Å². The molecule has 138 valence electrons. The lowest BCUT2D eigenvalue weighted by molar-refractivity contribution is -0.131. The summed E-state index contributed by atoms with van der Waals surface area (Å²) in [5, 5.41) is 0. The molecule has 3 rings (SSSR count). The van der Waals surface area contributed by atoms with Gasteiger partial charge in [0.2, 0.25) is 5.91 Å². The van der Waals surface area contributed by atoms with Crippen LogP contribution in [0.3, 0.4) is 0 Å². The molecule has 0 spiro atoms. The van der Waals surface area contributed by atoms with Crippen LogP contribution in [0.2, 0.25) is 0 Å². The molecule has 0 saturated carbocycles. The van der Waals surface area contributed by atoms with Gasteiger partial charge in [-0.2, -0.15) is 0 Å². The predicted octanol–water partition coefficient (Wildman–Crippen LogP) is 3.35. The van der Waals surface area contributed by atoms with Crippen LogP contribution in [0.5, 0.6) is 0 Å². The minimum Gasteiger partial charge on any atom is -0.342 e. The van der Waals surface area contributed by atoms with E-state index >= 15 is 0 Å². The lowest BCUT2D eigenvalue weighted by Crippen LogP contribution is -2.36. The zero-order valence-corrected chi connectivity index (χ0v) is 15.8. The van der Waals surface area contributed by atoms with Gasteiger partial charge in [-0.05, 0) is 55.5 Å². The van der Waals surface area contributed by atoms with Gasteiger partial charge in [-0.15, -0.1) is 0 Å². The van der Waals surface area contributed by atoms with Crippen LogP contribution in [0.25, 0.3) is 0 Å². The molecule has 5 nitrogen and oxygen atoms in total. The van der Waals surface area contributed by atoms with E-state index in [9.17, 15) is 13.2 Å². The molecule has 0 atom stereocenters. The van der Waals surface area contributed by atoms with Gasteiger partial charge in [0.15, 0.2) is 0 Å². The number of benzene rings is 2. The molecule has 1 aliphatic rings. The van der Waals surface area contributed by atoms with E-state index in [1.807, 2.05) is 11.0 Å². The Labute approximate surface area is 155 Å². The number of sulfonamides is 1. The van der Waals surface area contributed by atoms with E-state index in [0.29, 0.717) is 17.7 Å². The number of piperidine rings is 1. The molecule has 6 heteroatoms. The normalized spacial score (nSPS) is 14.9. The van der Waals surface area contributed by atoms with Crippen molar-refractivity contribution in [1.82, 2.24) is 4.90 Å². The number of anilines is 1. The van der Waals surface area contributed by atoms with Crippen LogP contribution in [0.1, 0.15) is 30.4 Å². The number of carbonyl (C=O) groups excluding carboxylic acids is 1. The number of aryl methyl sites for hydroxylation is 1. The first-order valence-corrected chi connectivity index (χ1v) is 10.4. The Hall–Kier alpha value is -2.34. The average molecular weight is 372 g/mol. The molecule has 26 heavy (non-hydrogen) atoms. The Morgan fingerprint density at radius 3 is 2.31 bits per heavy atom. The molecule has 1 saturated heterocycles. The Morgan fingerprint density at radius 2 is 1.65 bits per heavy atom. The number of rotatable bonds is 5. The molecule has 2 aromatic carbocycles. The van der Waals surface area contributed by atoms with E-state index in [1.165, 1.54) is 6.42 Å². The number of likely N-dealkylation sites (tertiary alicyclic amines) is 1. The number of nitrogens with one attached hydrogen (secondary N) is 1. The minimum absolute atomic E-state index is 0.137. The maximum absolute atomic E-state index is 12.5. The molecule has 2 aromatic rings. The van der Waals surface area contributed by atoms with E-state index in [0.717, 1.165) is 31.5 Å². The number of nitrogens with zero attached hydrogens (tertiary/aromatic N) is 1. The molecule has 1 aliphatic heterocycles. The standard InChI is InChI=1S/C20H24N2O3S/c1-16-7-3-4-8-19(16)26(24,25)21-18-11-9-17(10-12-18)15-20(23)22-13-5-2-6-14-22/h3-4,7-12,21H,2,5-6,13-15H2,1H3. The zero-order chi connectivity index (χ0) is 18.6. The zero-order valence-electron chi connectivity index (χ0n) is 14.9. The first kappa shape index (κ1) is 18.5. The highest BCUT2D eigenvalue weighted by molar-refractivity contribution is 7.92. The van der Waals surface area contributed by atoms with Crippen LogP contribution in [0, 0.1) is 6.92 Å². The maximum atomic E-state index is 12.5. The summed E-state index contributed by atoms with van der Waals surface area (Å²) in [7, 11) is -3.62. The summed E-state index contributed by atoms with van der Waals surface area (Å²) >= 11 is 0. The Morgan fingerprint density at radius 1 is 1.00 bits per heavy atom. The molecular weight excluding hydrogens is 348 g/mol. The van der Waals surface area contributed by atoms with Crippen LogP contribution in [0.15, 0.2) is 53.4 Å². The summed E-state index contributed by atoms with van der Waals surface area (Å²) < 4.78 is 27.6. The predicted molar refractivity (Wildman–Crippen MR) is 103 cm³/mol. The van der Waals surface area contributed by atoms with Crippen LogP contribution < -0.4 is 4.72 Å². The summed E-state index contributed by atoms with van der Waals surface area (Å²) in [6.45, 7) is 3.45. The third-order valence-electron chi connectivity index (χ3n) is 4.65. The van der Waals surface area contributed by atoms with Gasteiger partial charge >= 0.3 is 0 Å². The molecule has 1 heterocycles. The van der Waals surface area contributed by atoms with E-state index in [4.69, 9.17) is 0 Å². The minimum atomic E-state index is -3.62. The number of hydrogen-bond donors (Lipinski definition) is 1. The lowest BCUT2D eigenvalue weighted by Gasteiger charge is -2.26. The highest BCUT2D eigenvalue weighted by Crippen LogP contribution is 2.20. The fourth-order valence-electron chi connectivity index (χ4n) is 3.19. The topological polar surface area (TPSA) is 66.5 Å². The van der Waals surface area contributed by atoms with Crippen molar-refractivity contribution in [2.24, 2.45) is 0 Å². The molecule has 0 unspecified atom stereocenters. The summed E-state index contributed by atoms with van der Waals surface area (Å²) in [5.41, 5.74) is 2.07. The van der Waals surface area contributed by atoms with Gasteiger partial charge in [-0.3, -0.25) is 9.52 Å². The molecule has 0 radical (unpaired) electrons. The quantitative estimate of drug-likeness (QED) is 0.875. The van der Waals surface area contributed by atoms with Crippen molar-refractivity contribution in [1.29, 1.82) is 0 Å². The summed E-state index contributed by atoms with van der Waals surface area (Å²) in [6, 6.07) is 13.9. The lowest BCUT2D eigenvalue weighted by atomic mass is 10.1. The Kier molecular flexibility index (Phi) is 5.61. The third-order valence-corrected chi connectivity index (χ3v) is 6.19. The summed E-state index contributed by atoms with van der Waals surface area (Å²) in [4.78, 5) is 14.5. The second-order valence-corrected chi connectivity index (χ2v) is 8.34. The SMILES string of the molecule is Cc1ccccc1S(=O)(=O)Nc1ccc(CC(=O)N2CCCCC2)cc1. The Bertz CT molecular complexity index is 870. The van der Waals surface area contributed by atoms with E-state index in [2.05, 4.69) is 4.72 Å². The van der Waals surface area contributed by atoms with Gasteiger partial charge in [0, 0.05) is 18.8 Å². The highest BCUT2D eigenvalue weighted by atomic mass is 32.2. The second kappa shape index (κ2) is 7.91. The average Bonchev–Trinajstić information content (AvgIpc) is 2.64. The van der Waals surface area contributed by atoms with Crippen LogP contribution in [-0.2, 0) is 21.2 Å². The molecule has 0 aliphatic carbocycles. The number of hydrogen-bond acceptors (Lipinski definition) is 3. The summed E-state index contributed by atoms with van der Waals surface area (Å²) in [6.07, 6.45) is 3.70. The summed E-state index contributed by atoms with van der Waals surface area (Å²) in [5.74, 6) is 0.137. The van der Waals surface area contributed by atoms with Gasteiger partial charge in [0.05, 0.1) is 11.3 Å². The van der Waals surface area contributed by atoms with Gasteiger partial charge in [-0.25, -0.2) is 8.42 Å².